The van der Waals surface area contributed by atoms with Gasteiger partial charge in [0.15, 0.2) is 0 Å². The van der Waals surface area contributed by atoms with Gasteiger partial charge in [0, 0.05) is 6.04 Å². The molecule has 2 fully saturated rings. The standard InChI is InChI=1S/C14H28N2O/c1-2-6-16-7-3-4-13(5-8-16)15-11-12-9-14(17)10-12/h12-15,17H,2-11H2,1H3. The Morgan fingerprint density at radius 2 is 2.06 bits per heavy atom. The van der Waals surface area contributed by atoms with Crippen LogP contribution in [0.5, 0.6) is 0 Å². The molecule has 1 unspecified atom stereocenters. The third-order valence-electron chi connectivity index (χ3n) is 4.27. The molecule has 1 aliphatic heterocycles. The normalized spacial score (nSPS) is 35.3. The Morgan fingerprint density at radius 1 is 1.24 bits per heavy atom. The van der Waals surface area contributed by atoms with Crippen molar-refractivity contribution in [2.45, 2.75) is 57.6 Å². The third kappa shape index (κ3) is 4.23. The minimum absolute atomic E-state index is 0.00372. The summed E-state index contributed by atoms with van der Waals surface area (Å²) >= 11 is 0. The Labute approximate surface area is 106 Å². The molecule has 1 heterocycles. The van der Waals surface area contributed by atoms with E-state index in [1.165, 1.54) is 45.3 Å². The molecule has 3 nitrogen and oxygen atoms in total. The number of hydrogen-bond donors (Lipinski definition) is 2. The van der Waals surface area contributed by atoms with E-state index in [0.717, 1.165) is 31.3 Å². The number of aliphatic hydroxyl groups is 1. The number of likely N-dealkylation sites (tertiary alicyclic amines) is 1. The van der Waals surface area contributed by atoms with Crippen LogP contribution in [0.15, 0.2) is 0 Å². The van der Waals surface area contributed by atoms with Gasteiger partial charge in [-0.3, -0.25) is 0 Å². The fourth-order valence-corrected chi connectivity index (χ4v) is 3.10. The van der Waals surface area contributed by atoms with Gasteiger partial charge < -0.3 is 15.3 Å². The number of nitrogens with zero attached hydrogens (tertiary/aromatic N) is 1. The first kappa shape index (κ1) is 13.3. The largest absolute Gasteiger partial charge is 0.393 e. The second-order valence-corrected chi connectivity index (χ2v) is 5.87. The highest BCUT2D eigenvalue weighted by Crippen LogP contribution is 2.26. The van der Waals surface area contributed by atoms with Crippen molar-refractivity contribution in [3.63, 3.8) is 0 Å². The van der Waals surface area contributed by atoms with Crippen LogP contribution in [0.4, 0.5) is 0 Å². The highest BCUT2D eigenvalue weighted by Gasteiger charge is 2.27. The Hall–Kier alpha value is -0.120. The molecule has 17 heavy (non-hydrogen) atoms. The summed E-state index contributed by atoms with van der Waals surface area (Å²) in [5.41, 5.74) is 0. The van der Waals surface area contributed by atoms with E-state index < -0.39 is 0 Å². The van der Waals surface area contributed by atoms with E-state index in [4.69, 9.17) is 0 Å². The maximum Gasteiger partial charge on any atom is 0.0546 e. The number of hydrogen-bond acceptors (Lipinski definition) is 3. The van der Waals surface area contributed by atoms with Crippen LogP contribution in [-0.4, -0.2) is 48.3 Å². The summed E-state index contributed by atoms with van der Waals surface area (Å²) in [6.45, 7) is 7.20. The lowest BCUT2D eigenvalue weighted by molar-refractivity contribution is 0.0416. The summed E-state index contributed by atoms with van der Waals surface area (Å²) in [7, 11) is 0. The van der Waals surface area contributed by atoms with E-state index >= 15 is 0 Å². The Bertz CT molecular complexity index is 216. The highest BCUT2D eigenvalue weighted by atomic mass is 16.3. The molecule has 3 heteroatoms. The molecule has 1 atom stereocenters. The molecule has 1 saturated carbocycles. The predicted octanol–water partition coefficient (Wildman–Crippen LogP) is 1.61. The number of rotatable bonds is 5. The molecule has 2 rings (SSSR count). The molecule has 0 radical (unpaired) electrons. The van der Waals surface area contributed by atoms with Crippen LogP contribution in [-0.2, 0) is 0 Å². The van der Waals surface area contributed by atoms with Crippen molar-refractivity contribution in [3.8, 4) is 0 Å². The van der Waals surface area contributed by atoms with E-state index in [0.29, 0.717) is 0 Å². The summed E-state index contributed by atoms with van der Waals surface area (Å²) in [4.78, 5) is 2.61. The van der Waals surface area contributed by atoms with E-state index in [1.54, 1.807) is 0 Å². The SMILES string of the molecule is CCCN1CCCC(NCC2CC(O)C2)CC1. The molecule has 2 aliphatic rings. The summed E-state index contributed by atoms with van der Waals surface area (Å²) in [5.74, 6) is 0.736. The quantitative estimate of drug-likeness (QED) is 0.766. The van der Waals surface area contributed by atoms with Gasteiger partial charge in [0.1, 0.15) is 0 Å². The summed E-state index contributed by atoms with van der Waals surface area (Å²) < 4.78 is 0. The molecule has 0 aromatic rings. The van der Waals surface area contributed by atoms with Gasteiger partial charge in [0.25, 0.3) is 0 Å². The molecule has 1 aliphatic carbocycles. The summed E-state index contributed by atoms with van der Waals surface area (Å²) in [6.07, 6.45) is 7.27. The van der Waals surface area contributed by atoms with Crippen molar-refractivity contribution in [1.82, 2.24) is 10.2 Å². The molecule has 0 amide bonds. The van der Waals surface area contributed by atoms with Gasteiger partial charge in [-0.1, -0.05) is 6.92 Å². The van der Waals surface area contributed by atoms with Gasteiger partial charge in [0.05, 0.1) is 6.10 Å². The van der Waals surface area contributed by atoms with Crippen molar-refractivity contribution >= 4 is 0 Å². The lowest BCUT2D eigenvalue weighted by Crippen LogP contribution is -2.40. The lowest BCUT2D eigenvalue weighted by Gasteiger charge is -2.32. The zero-order valence-corrected chi connectivity index (χ0v) is 11.2. The molecule has 0 spiro atoms. The Kier molecular flexibility index (Phi) is 5.26. The molecule has 0 aromatic heterocycles. The fourth-order valence-electron chi connectivity index (χ4n) is 3.10. The average Bonchev–Trinajstić information content (AvgIpc) is 2.49. The van der Waals surface area contributed by atoms with Gasteiger partial charge in [-0.25, -0.2) is 0 Å². The smallest absolute Gasteiger partial charge is 0.0546 e. The average molecular weight is 240 g/mol. The van der Waals surface area contributed by atoms with E-state index in [1.807, 2.05) is 0 Å². The van der Waals surface area contributed by atoms with Gasteiger partial charge in [-0.05, 0) is 70.6 Å². The molecule has 0 bridgehead atoms. The van der Waals surface area contributed by atoms with Crippen LogP contribution in [0.2, 0.25) is 0 Å². The third-order valence-corrected chi connectivity index (χ3v) is 4.27. The maximum absolute atomic E-state index is 9.26. The van der Waals surface area contributed by atoms with Gasteiger partial charge in [-0.2, -0.15) is 0 Å². The number of aliphatic hydroxyl groups excluding tert-OH is 1. The molecule has 100 valence electrons. The van der Waals surface area contributed by atoms with Crippen molar-refractivity contribution in [2.75, 3.05) is 26.2 Å². The van der Waals surface area contributed by atoms with Crippen LogP contribution in [0.25, 0.3) is 0 Å². The molecule has 1 saturated heterocycles. The van der Waals surface area contributed by atoms with E-state index in [-0.39, 0.29) is 6.10 Å². The topological polar surface area (TPSA) is 35.5 Å². The van der Waals surface area contributed by atoms with E-state index in [9.17, 15) is 5.11 Å². The van der Waals surface area contributed by atoms with Crippen molar-refractivity contribution in [2.24, 2.45) is 5.92 Å². The second kappa shape index (κ2) is 6.72. The molecule has 2 N–H and O–H groups in total. The fraction of sp³-hybridized carbons (Fsp3) is 1.00. The summed E-state index contributed by atoms with van der Waals surface area (Å²) in [5, 5.41) is 13.0. The van der Waals surface area contributed by atoms with Gasteiger partial charge >= 0.3 is 0 Å². The van der Waals surface area contributed by atoms with E-state index in [2.05, 4.69) is 17.1 Å². The maximum atomic E-state index is 9.26. The molecule has 0 aromatic carbocycles. The first-order chi connectivity index (χ1) is 8.28. The Balaban J connectivity index is 1.61. The monoisotopic (exact) mass is 240 g/mol. The zero-order chi connectivity index (χ0) is 12.1. The first-order valence-corrected chi connectivity index (χ1v) is 7.41. The second-order valence-electron chi connectivity index (χ2n) is 5.87. The van der Waals surface area contributed by atoms with Crippen molar-refractivity contribution in [1.29, 1.82) is 0 Å². The highest BCUT2D eigenvalue weighted by molar-refractivity contribution is 4.82. The van der Waals surface area contributed by atoms with Gasteiger partial charge in [0.2, 0.25) is 0 Å². The van der Waals surface area contributed by atoms with Crippen LogP contribution in [0.3, 0.4) is 0 Å². The van der Waals surface area contributed by atoms with Crippen LogP contribution >= 0.6 is 0 Å². The minimum atomic E-state index is -0.00372. The van der Waals surface area contributed by atoms with Crippen molar-refractivity contribution < 1.29 is 5.11 Å². The molecular formula is C14H28N2O. The first-order valence-electron chi connectivity index (χ1n) is 7.41. The number of nitrogens with one attached hydrogen (secondary N) is 1. The van der Waals surface area contributed by atoms with Gasteiger partial charge in [-0.15, -0.1) is 0 Å². The summed E-state index contributed by atoms with van der Waals surface area (Å²) in [6, 6.07) is 0.717. The predicted molar refractivity (Wildman–Crippen MR) is 71.1 cm³/mol. The van der Waals surface area contributed by atoms with Crippen LogP contribution in [0.1, 0.15) is 45.4 Å². The van der Waals surface area contributed by atoms with Crippen LogP contribution < -0.4 is 5.32 Å². The molecular weight excluding hydrogens is 212 g/mol. The zero-order valence-electron chi connectivity index (χ0n) is 11.2. The minimum Gasteiger partial charge on any atom is -0.393 e. The Morgan fingerprint density at radius 3 is 2.76 bits per heavy atom. The van der Waals surface area contributed by atoms with Crippen LogP contribution in [0, 0.1) is 5.92 Å². The lowest BCUT2D eigenvalue weighted by atomic mass is 9.82. The van der Waals surface area contributed by atoms with Crippen molar-refractivity contribution in [3.05, 3.63) is 0 Å².